The molecular formula is C13H17NO2. The second-order valence-corrected chi connectivity index (χ2v) is 4.06. The van der Waals surface area contributed by atoms with Crippen molar-refractivity contribution in [2.24, 2.45) is 0 Å². The van der Waals surface area contributed by atoms with Crippen molar-refractivity contribution in [2.45, 2.75) is 25.3 Å². The smallest absolute Gasteiger partial charge is 0.246 e. The van der Waals surface area contributed by atoms with E-state index in [1.54, 1.807) is 0 Å². The lowest BCUT2D eigenvalue weighted by molar-refractivity contribution is -0.125. The molecule has 0 aromatic heterocycles. The van der Waals surface area contributed by atoms with Crippen LogP contribution in [-0.2, 0) is 9.53 Å². The first-order chi connectivity index (χ1) is 7.81. The molecule has 0 saturated heterocycles. The number of hydrogen-bond acceptors (Lipinski definition) is 2. The van der Waals surface area contributed by atoms with E-state index in [0.717, 1.165) is 6.42 Å². The van der Waals surface area contributed by atoms with Gasteiger partial charge in [0.25, 0.3) is 0 Å². The van der Waals surface area contributed by atoms with E-state index in [1.807, 2.05) is 25.1 Å². The van der Waals surface area contributed by atoms with Gasteiger partial charge in [-0.05, 0) is 18.9 Å². The normalized spacial score (nSPS) is 22.8. The lowest BCUT2D eigenvalue weighted by Gasteiger charge is -2.04. The highest BCUT2D eigenvalue weighted by Gasteiger charge is 2.39. The van der Waals surface area contributed by atoms with Gasteiger partial charge in [-0.3, -0.25) is 4.79 Å². The predicted molar refractivity (Wildman–Crippen MR) is 62.2 cm³/mol. The van der Waals surface area contributed by atoms with Crippen LogP contribution in [0.3, 0.4) is 0 Å². The van der Waals surface area contributed by atoms with Crippen LogP contribution in [-0.4, -0.2) is 25.2 Å². The van der Waals surface area contributed by atoms with Gasteiger partial charge in [-0.15, -0.1) is 0 Å². The minimum absolute atomic E-state index is 0.00900. The van der Waals surface area contributed by atoms with Gasteiger partial charge >= 0.3 is 0 Å². The molecular weight excluding hydrogens is 202 g/mol. The molecule has 1 aromatic carbocycles. The molecule has 1 fully saturated rings. The van der Waals surface area contributed by atoms with Gasteiger partial charge in [-0.2, -0.15) is 0 Å². The molecule has 2 atom stereocenters. The molecule has 1 aromatic rings. The first kappa shape index (κ1) is 11.1. The zero-order valence-electron chi connectivity index (χ0n) is 9.48. The summed E-state index contributed by atoms with van der Waals surface area (Å²) in [5.41, 5.74) is 1.31. The molecule has 2 rings (SSSR count). The molecule has 1 aliphatic carbocycles. The second kappa shape index (κ2) is 5.12. The van der Waals surface area contributed by atoms with Gasteiger partial charge in [0.15, 0.2) is 0 Å². The van der Waals surface area contributed by atoms with Gasteiger partial charge in [0.05, 0.1) is 0 Å². The van der Waals surface area contributed by atoms with Crippen LogP contribution in [0.4, 0.5) is 0 Å². The summed E-state index contributed by atoms with van der Waals surface area (Å²) < 4.78 is 5.05. The molecule has 3 nitrogen and oxygen atoms in total. The Bertz CT molecular complexity index is 350. The largest absolute Gasteiger partial charge is 0.372 e. The number of ether oxygens (including phenoxy) is 1. The van der Waals surface area contributed by atoms with Crippen LogP contribution in [0.25, 0.3) is 0 Å². The Labute approximate surface area is 95.8 Å². The van der Waals surface area contributed by atoms with Gasteiger partial charge in [0.2, 0.25) is 5.91 Å². The topological polar surface area (TPSA) is 38.3 Å². The Hall–Kier alpha value is -1.35. The summed E-state index contributed by atoms with van der Waals surface area (Å²) in [6.07, 6.45) is 1.04. The van der Waals surface area contributed by atoms with Crippen molar-refractivity contribution < 1.29 is 9.53 Å². The summed E-state index contributed by atoms with van der Waals surface area (Å²) in [7, 11) is 0. The van der Waals surface area contributed by atoms with E-state index >= 15 is 0 Å². The number of carbonyl (C=O) groups excluding carboxylic acids is 1. The summed E-state index contributed by atoms with van der Waals surface area (Å²) in [5, 5.41) is 2.97. The molecule has 1 aliphatic rings. The Morgan fingerprint density at radius 1 is 1.44 bits per heavy atom. The van der Waals surface area contributed by atoms with Gasteiger partial charge in [-0.25, -0.2) is 0 Å². The van der Waals surface area contributed by atoms with Crippen LogP contribution in [0.5, 0.6) is 0 Å². The fourth-order valence-corrected chi connectivity index (χ4v) is 1.87. The number of hydrogen-bond donors (Lipinski definition) is 1. The van der Waals surface area contributed by atoms with Crippen LogP contribution in [0.1, 0.15) is 24.8 Å². The number of carbonyl (C=O) groups is 1. The van der Waals surface area contributed by atoms with Gasteiger partial charge in [-0.1, -0.05) is 30.3 Å². The maximum atomic E-state index is 11.4. The van der Waals surface area contributed by atoms with E-state index in [2.05, 4.69) is 17.4 Å². The van der Waals surface area contributed by atoms with Gasteiger partial charge in [0.1, 0.15) is 6.61 Å². The lowest BCUT2D eigenvalue weighted by Crippen LogP contribution is -2.30. The molecule has 86 valence electrons. The van der Waals surface area contributed by atoms with Crippen molar-refractivity contribution >= 4 is 5.91 Å². The Morgan fingerprint density at radius 2 is 2.19 bits per heavy atom. The molecule has 3 heteroatoms. The van der Waals surface area contributed by atoms with E-state index in [4.69, 9.17) is 4.74 Å². The summed E-state index contributed by atoms with van der Waals surface area (Å²) in [5.74, 6) is 0.483. The maximum absolute atomic E-state index is 11.4. The number of benzene rings is 1. The quantitative estimate of drug-likeness (QED) is 0.818. The van der Waals surface area contributed by atoms with E-state index in [0.29, 0.717) is 18.6 Å². The third-order valence-corrected chi connectivity index (χ3v) is 2.80. The molecule has 1 saturated carbocycles. The minimum atomic E-state index is -0.00900. The molecule has 2 unspecified atom stereocenters. The van der Waals surface area contributed by atoms with E-state index in [-0.39, 0.29) is 12.5 Å². The first-order valence-corrected chi connectivity index (χ1v) is 5.73. The predicted octanol–water partition coefficient (Wildman–Crippen LogP) is 1.70. The zero-order chi connectivity index (χ0) is 11.4. The Kier molecular flexibility index (Phi) is 3.57. The fourth-order valence-electron chi connectivity index (χ4n) is 1.87. The lowest BCUT2D eigenvalue weighted by atomic mass is 10.1. The van der Waals surface area contributed by atoms with Gasteiger partial charge < -0.3 is 10.1 Å². The monoisotopic (exact) mass is 219 g/mol. The van der Waals surface area contributed by atoms with Crippen LogP contribution in [0, 0.1) is 0 Å². The highest BCUT2D eigenvalue weighted by Crippen LogP contribution is 2.40. The zero-order valence-corrected chi connectivity index (χ0v) is 9.48. The van der Waals surface area contributed by atoms with E-state index in [9.17, 15) is 4.79 Å². The highest BCUT2D eigenvalue weighted by atomic mass is 16.5. The number of nitrogens with one attached hydrogen (secondary N) is 1. The van der Waals surface area contributed by atoms with Crippen molar-refractivity contribution in [3.05, 3.63) is 35.9 Å². The van der Waals surface area contributed by atoms with Crippen LogP contribution in [0.2, 0.25) is 0 Å². The molecule has 0 spiro atoms. The molecule has 0 bridgehead atoms. The fraction of sp³-hybridized carbons (Fsp3) is 0.462. The number of amides is 1. The average Bonchev–Trinajstić information content (AvgIpc) is 3.07. The molecule has 1 N–H and O–H groups in total. The van der Waals surface area contributed by atoms with Crippen molar-refractivity contribution in [3.63, 3.8) is 0 Å². The summed E-state index contributed by atoms with van der Waals surface area (Å²) in [6.45, 7) is 2.64. The van der Waals surface area contributed by atoms with Crippen LogP contribution in [0.15, 0.2) is 30.3 Å². The third-order valence-electron chi connectivity index (χ3n) is 2.80. The molecule has 0 radical (unpaired) electrons. The Morgan fingerprint density at radius 3 is 2.88 bits per heavy atom. The molecule has 0 aliphatic heterocycles. The van der Waals surface area contributed by atoms with E-state index < -0.39 is 0 Å². The third kappa shape index (κ3) is 2.83. The SMILES string of the molecule is CCOCC(=O)NC1CC1c1ccccc1. The molecule has 1 amide bonds. The van der Waals surface area contributed by atoms with Crippen molar-refractivity contribution in [1.82, 2.24) is 5.32 Å². The van der Waals surface area contributed by atoms with Gasteiger partial charge in [0, 0.05) is 18.6 Å². The van der Waals surface area contributed by atoms with Crippen LogP contribution >= 0.6 is 0 Å². The maximum Gasteiger partial charge on any atom is 0.246 e. The Balaban J connectivity index is 1.77. The first-order valence-electron chi connectivity index (χ1n) is 5.73. The summed E-state index contributed by atoms with van der Waals surface area (Å²) in [6, 6.07) is 10.6. The van der Waals surface area contributed by atoms with Crippen molar-refractivity contribution in [2.75, 3.05) is 13.2 Å². The molecule has 16 heavy (non-hydrogen) atoms. The van der Waals surface area contributed by atoms with E-state index in [1.165, 1.54) is 5.56 Å². The average molecular weight is 219 g/mol. The second-order valence-electron chi connectivity index (χ2n) is 4.06. The molecule has 0 heterocycles. The summed E-state index contributed by atoms with van der Waals surface area (Å²) in [4.78, 5) is 11.4. The van der Waals surface area contributed by atoms with Crippen molar-refractivity contribution in [3.8, 4) is 0 Å². The van der Waals surface area contributed by atoms with Crippen LogP contribution < -0.4 is 5.32 Å². The summed E-state index contributed by atoms with van der Waals surface area (Å²) >= 11 is 0. The standard InChI is InChI=1S/C13H17NO2/c1-2-16-9-13(15)14-12-8-11(12)10-6-4-3-5-7-10/h3-7,11-12H,2,8-9H2,1H3,(H,14,15). The minimum Gasteiger partial charge on any atom is -0.372 e. The highest BCUT2D eigenvalue weighted by molar-refractivity contribution is 5.78. The van der Waals surface area contributed by atoms with Crippen molar-refractivity contribution in [1.29, 1.82) is 0 Å². The number of rotatable bonds is 5.